The lowest BCUT2D eigenvalue weighted by Gasteiger charge is -2.35. The van der Waals surface area contributed by atoms with Gasteiger partial charge in [-0.1, -0.05) is 13.8 Å². The Labute approximate surface area is 104 Å². The molecule has 0 aromatic carbocycles. The van der Waals surface area contributed by atoms with Gasteiger partial charge in [0.2, 0.25) is 0 Å². The first-order chi connectivity index (χ1) is 7.77. The number of hydrogen-bond donors (Lipinski definition) is 2. The van der Waals surface area contributed by atoms with Gasteiger partial charge in [0.1, 0.15) is 5.54 Å². The SMILES string of the molecule is CC(C)C(CN(C)C)NC(C)(C(=O)O)C1CC1. The highest BCUT2D eigenvalue weighted by Crippen LogP contribution is 2.40. The summed E-state index contributed by atoms with van der Waals surface area (Å²) in [6.45, 7) is 6.97. The molecule has 0 heterocycles. The van der Waals surface area contributed by atoms with Crippen LogP contribution in [0.5, 0.6) is 0 Å². The van der Waals surface area contributed by atoms with Crippen molar-refractivity contribution < 1.29 is 9.90 Å². The number of likely N-dealkylation sites (N-methyl/N-ethyl adjacent to an activating group) is 1. The van der Waals surface area contributed by atoms with Crippen molar-refractivity contribution in [3.05, 3.63) is 0 Å². The highest BCUT2D eigenvalue weighted by atomic mass is 16.4. The van der Waals surface area contributed by atoms with Crippen LogP contribution in [-0.2, 0) is 4.79 Å². The van der Waals surface area contributed by atoms with Crippen molar-refractivity contribution in [2.24, 2.45) is 11.8 Å². The van der Waals surface area contributed by atoms with Crippen molar-refractivity contribution in [1.82, 2.24) is 10.2 Å². The largest absolute Gasteiger partial charge is 0.480 e. The Balaban J connectivity index is 2.72. The molecule has 1 rings (SSSR count). The van der Waals surface area contributed by atoms with Crippen LogP contribution in [-0.4, -0.2) is 48.2 Å². The average molecular weight is 242 g/mol. The zero-order valence-corrected chi connectivity index (χ0v) is 11.7. The van der Waals surface area contributed by atoms with Crippen LogP contribution in [0.15, 0.2) is 0 Å². The molecule has 17 heavy (non-hydrogen) atoms. The van der Waals surface area contributed by atoms with Gasteiger partial charge in [0.05, 0.1) is 0 Å². The third-order valence-corrected chi connectivity index (χ3v) is 3.69. The van der Waals surface area contributed by atoms with Gasteiger partial charge in [0, 0.05) is 12.6 Å². The summed E-state index contributed by atoms with van der Waals surface area (Å²) in [5.74, 6) is 0.00245. The van der Waals surface area contributed by atoms with E-state index < -0.39 is 11.5 Å². The molecule has 0 saturated heterocycles. The fourth-order valence-electron chi connectivity index (χ4n) is 2.22. The maximum Gasteiger partial charge on any atom is 0.323 e. The Morgan fingerprint density at radius 1 is 1.47 bits per heavy atom. The zero-order valence-electron chi connectivity index (χ0n) is 11.7. The van der Waals surface area contributed by atoms with E-state index in [4.69, 9.17) is 0 Å². The number of carbonyl (C=O) groups is 1. The van der Waals surface area contributed by atoms with E-state index >= 15 is 0 Å². The van der Waals surface area contributed by atoms with E-state index in [-0.39, 0.29) is 6.04 Å². The summed E-state index contributed by atoms with van der Waals surface area (Å²) in [5.41, 5.74) is -0.759. The van der Waals surface area contributed by atoms with Crippen LogP contribution in [0, 0.1) is 11.8 Å². The summed E-state index contributed by atoms with van der Waals surface area (Å²) in [7, 11) is 4.04. The van der Waals surface area contributed by atoms with Crippen molar-refractivity contribution in [2.75, 3.05) is 20.6 Å². The number of nitrogens with zero attached hydrogens (tertiary/aromatic N) is 1. The van der Waals surface area contributed by atoms with Gasteiger partial charge in [0.25, 0.3) is 0 Å². The first-order valence-electron chi connectivity index (χ1n) is 6.43. The van der Waals surface area contributed by atoms with Crippen LogP contribution in [0.1, 0.15) is 33.6 Å². The van der Waals surface area contributed by atoms with Gasteiger partial charge < -0.3 is 10.0 Å². The molecule has 0 aromatic heterocycles. The average Bonchev–Trinajstić information content (AvgIpc) is 2.98. The van der Waals surface area contributed by atoms with Crippen LogP contribution in [0.3, 0.4) is 0 Å². The highest BCUT2D eigenvalue weighted by molar-refractivity contribution is 5.79. The highest BCUT2D eigenvalue weighted by Gasteiger charge is 2.48. The molecule has 1 aliphatic carbocycles. The molecule has 0 bridgehead atoms. The Morgan fingerprint density at radius 2 is 2.00 bits per heavy atom. The minimum atomic E-state index is -0.759. The van der Waals surface area contributed by atoms with E-state index in [0.29, 0.717) is 11.8 Å². The lowest BCUT2D eigenvalue weighted by atomic mass is 9.92. The molecule has 0 spiro atoms. The molecule has 2 unspecified atom stereocenters. The third-order valence-electron chi connectivity index (χ3n) is 3.69. The molecule has 2 N–H and O–H groups in total. The molecule has 0 aliphatic heterocycles. The van der Waals surface area contributed by atoms with Crippen molar-refractivity contribution in [2.45, 2.75) is 45.2 Å². The second-order valence-corrected chi connectivity index (χ2v) is 6.04. The van der Waals surface area contributed by atoms with E-state index in [1.54, 1.807) is 0 Å². The molecular weight excluding hydrogens is 216 g/mol. The summed E-state index contributed by atoms with van der Waals surface area (Å²) >= 11 is 0. The molecule has 1 fully saturated rings. The third kappa shape index (κ3) is 3.68. The Hall–Kier alpha value is -0.610. The van der Waals surface area contributed by atoms with Gasteiger partial charge >= 0.3 is 5.97 Å². The van der Waals surface area contributed by atoms with Gasteiger partial charge in [-0.15, -0.1) is 0 Å². The lowest BCUT2D eigenvalue weighted by molar-refractivity contribution is -0.145. The van der Waals surface area contributed by atoms with Gasteiger partial charge in [-0.05, 0) is 45.7 Å². The minimum Gasteiger partial charge on any atom is -0.480 e. The van der Waals surface area contributed by atoms with Crippen molar-refractivity contribution >= 4 is 5.97 Å². The molecule has 1 saturated carbocycles. The summed E-state index contributed by atoms with van der Waals surface area (Å²) in [4.78, 5) is 13.6. The van der Waals surface area contributed by atoms with E-state index in [0.717, 1.165) is 19.4 Å². The Morgan fingerprint density at radius 3 is 2.29 bits per heavy atom. The molecule has 0 radical (unpaired) electrons. The topological polar surface area (TPSA) is 52.6 Å². The quantitative estimate of drug-likeness (QED) is 0.709. The second kappa shape index (κ2) is 5.36. The number of carboxylic acids is 1. The maximum absolute atomic E-state index is 11.5. The van der Waals surface area contributed by atoms with Crippen LogP contribution >= 0.6 is 0 Å². The summed E-state index contributed by atoms with van der Waals surface area (Å²) in [5, 5.41) is 12.8. The lowest BCUT2D eigenvalue weighted by Crippen LogP contribution is -2.59. The Bertz CT molecular complexity index is 275. The van der Waals surface area contributed by atoms with Crippen LogP contribution < -0.4 is 5.32 Å². The van der Waals surface area contributed by atoms with Crippen molar-refractivity contribution in [1.29, 1.82) is 0 Å². The van der Waals surface area contributed by atoms with Gasteiger partial charge in [-0.3, -0.25) is 10.1 Å². The predicted octanol–water partition coefficient (Wildman–Crippen LogP) is 1.42. The summed E-state index contributed by atoms with van der Waals surface area (Å²) < 4.78 is 0. The number of rotatable bonds is 7. The predicted molar refractivity (Wildman–Crippen MR) is 69.1 cm³/mol. The van der Waals surface area contributed by atoms with E-state index in [2.05, 4.69) is 24.1 Å². The van der Waals surface area contributed by atoms with Gasteiger partial charge in [-0.2, -0.15) is 0 Å². The fraction of sp³-hybridized carbons (Fsp3) is 0.923. The smallest absolute Gasteiger partial charge is 0.323 e. The molecule has 1 aliphatic rings. The molecule has 0 amide bonds. The second-order valence-electron chi connectivity index (χ2n) is 6.04. The molecule has 2 atom stereocenters. The Kier molecular flexibility index (Phi) is 4.55. The minimum absolute atomic E-state index is 0.215. The monoisotopic (exact) mass is 242 g/mol. The first-order valence-corrected chi connectivity index (χ1v) is 6.43. The number of hydrogen-bond acceptors (Lipinski definition) is 3. The molecule has 100 valence electrons. The maximum atomic E-state index is 11.5. The number of carboxylic acid groups (broad SMARTS) is 1. The van der Waals surface area contributed by atoms with Crippen LogP contribution in [0.4, 0.5) is 0 Å². The normalized spacial score (nSPS) is 21.6. The molecule has 4 nitrogen and oxygen atoms in total. The van der Waals surface area contributed by atoms with Gasteiger partial charge in [0.15, 0.2) is 0 Å². The molecule has 4 heteroatoms. The summed E-state index contributed by atoms with van der Waals surface area (Å²) in [6, 6.07) is 0.215. The molecular formula is C13H26N2O2. The number of nitrogens with one attached hydrogen (secondary N) is 1. The molecule has 0 aromatic rings. The van der Waals surface area contributed by atoms with E-state index in [1.165, 1.54) is 0 Å². The van der Waals surface area contributed by atoms with Gasteiger partial charge in [-0.25, -0.2) is 0 Å². The first kappa shape index (κ1) is 14.5. The van der Waals surface area contributed by atoms with Crippen LogP contribution in [0.2, 0.25) is 0 Å². The van der Waals surface area contributed by atoms with Crippen molar-refractivity contribution in [3.63, 3.8) is 0 Å². The fourth-order valence-corrected chi connectivity index (χ4v) is 2.22. The standard InChI is InChI=1S/C13H26N2O2/c1-9(2)11(8-15(4)5)14-13(3,12(16)17)10-6-7-10/h9-11,14H,6-8H2,1-5H3,(H,16,17). The van der Waals surface area contributed by atoms with Crippen LogP contribution in [0.25, 0.3) is 0 Å². The van der Waals surface area contributed by atoms with E-state index in [1.807, 2.05) is 21.0 Å². The number of aliphatic carboxylic acids is 1. The van der Waals surface area contributed by atoms with Crippen molar-refractivity contribution in [3.8, 4) is 0 Å². The van der Waals surface area contributed by atoms with E-state index in [9.17, 15) is 9.90 Å². The summed E-state index contributed by atoms with van der Waals surface area (Å²) in [6.07, 6.45) is 2.06. The zero-order chi connectivity index (χ0) is 13.2.